The van der Waals surface area contributed by atoms with E-state index < -0.39 is 18.3 Å². The first-order chi connectivity index (χ1) is 16.9. The number of aliphatic hydroxyl groups is 3. The zero-order valence-electron chi connectivity index (χ0n) is 20.3. The number of esters is 1. The molecule has 0 radical (unpaired) electrons. The molecule has 9 nitrogen and oxygen atoms in total. The van der Waals surface area contributed by atoms with Gasteiger partial charge in [-0.3, -0.25) is 20.0 Å². The van der Waals surface area contributed by atoms with Crippen molar-refractivity contribution in [1.29, 1.82) is 0 Å². The van der Waals surface area contributed by atoms with Gasteiger partial charge in [-0.05, 0) is 68.8 Å². The van der Waals surface area contributed by atoms with E-state index in [0.29, 0.717) is 51.4 Å². The zero-order valence-corrected chi connectivity index (χ0v) is 20.3. The Hall–Kier alpha value is -1.85. The van der Waals surface area contributed by atoms with Crippen molar-refractivity contribution in [3.05, 3.63) is 48.0 Å². The summed E-state index contributed by atoms with van der Waals surface area (Å²) in [5, 5.41) is 47.6. The molecule has 0 spiro atoms. The minimum Gasteiger partial charge on any atom is -0.466 e. The van der Waals surface area contributed by atoms with Crippen LogP contribution in [0.3, 0.4) is 0 Å². The number of rotatable bonds is 17. The third-order valence-corrected chi connectivity index (χ3v) is 6.55. The van der Waals surface area contributed by atoms with E-state index in [9.17, 15) is 20.1 Å². The lowest BCUT2D eigenvalue weighted by Crippen LogP contribution is -2.23. The van der Waals surface area contributed by atoms with Gasteiger partial charge in [0.1, 0.15) is 0 Å². The maximum absolute atomic E-state index is 11.7. The number of carbonyl (C=O) groups is 1. The first-order valence-electron chi connectivity index (χ1n) is 12.6. The van der Waals surface area contributed by atoms with Crippen molar-refractivity contribution in [2.24, 2.45) is 11.8 Å². The molecule has 198 valence electrons. The highest BCUT2D eigenvalue weighted by molar-refractivity contribution is 5.69. The summed E-state index contributed by atoms with van der Waals surface area (Å²) in [6.45, 7) is 0.172. The average Bonchev–Trinajstić information content (AvgIpc) is 3.10. The van der Waals surface area contributed by atoms with E-state index in [1.54, 1.807) is 0 Å². The molecule has 2 rings (SSSR count). The molecule has 0 unspecified atom stereocenters. The standard InChI is InChI=1S/C26H41NO8/c28-21(14-13-20-9-4-3-5-10-20)15-16-23-22(24(29)19-25(23)30)11-6-1-2-7-12-26(31)34-17-8-18-35-27(32)33/h1,3-6,9-10,21-25,28-30,32-33H,2,7-8,11-19H2/b6-1-/t21-,22+,23+,24-,25+/m0/s1. The molecule has 5 N–H and O–H groups in total. The van der Waals surface area contributed by atoms with Crippen LogP contribution in [0.4, 0.5) is 0 Å². The summed E-state index contributed by atoms with van der Waals surface area (Å²) in [5.41, 5.74) is 1.20. The van der Waals surface area contributed by atoms with Crippen LogP contribution in [0.5, 0.6) is 0 Å². The SMILES string of the molecule is O=C(CCC/C=C\C[C@@H]1[C@@H](CC[C@@H](O)CCc2ccccc2)[C@H](O)C[C@@H]1O)OCCCON(O)O. The summed E-state index contributed by atoms with van der Waals surface area (Å²) >= 11 is 0. The lowest BCUT2D eigenvalue weighted by molar-refractivity contribution is -0.492. The molecule has 0 heterocycles. The van der Waals surface area contributed by atoms with Crippen molar-refractivity contribution in [3.8, 4) is 0 Å². The summed E-state index contributed by atoms with van der Waals surface area (Å²) in [6.07, 6.45) is 8.24. The molecule has 1 saturated carbocycles. The molecule has 0 saturated heterocycles. The normalized spacial score (nSPS) is 23.3. The number of hydrogen-bond acceptors (Lipinski definition) is 9. The van der Waals surface area contributed by atoms with Gasteiger partial charge in [0.25, 0.3) is 0 Å². The molecule has 1 fully saturated rings. The molecule has 9 heteroatoms. The van der Waals surface area contributed by atoms with E-state index in [1.165, 1.54) is 5.56 Å². The van der Waals surface area contributed by atoms with E-state index in [0.717, 1.165) is 6.42 Å². The van der Waals surface area contributed by atoms with Gasteiger partial charge in [-0.1, -0.05) is 42.5 Å². The molecule has 0 aromatic heterocycles. The highest BCUT2D eigenvalue weighted by Gasteiger charge is 2.40. The van der Waals surface area contributed by atoms with E-state index in [4.69, 9.17) is 15.2 Å². The average molecular weight is 496 g/mol. The molecule has 35 heavy (non-hydrogen) atoms. The number of allylic oxidation sites excluding steroid dienone is 2. The second kappa shape index (κ2) is 16.8. The molecule has 0 bridgehead atoms. The lowest BCUT2D eigenvalue weighted by atomic mass is 9.85. The molecular weight excluding hydrogens is 454 g/mol. The van der Waals surface area contributed by atoms with Gasteiger partial charge >= 0.3 is 5.97 Å². The van der Waals surface area contributed by atoms with Crippen LogP contribution in [0.1, 0.15) is 63.4 Å². The molecule has 1 aliphatic carbocycles. The number of unbranched alkanes of at least 4 members (excludes halogenated alkanes) is 1. The Balaban J connectivity index is 1.61. The Morgan fingerprint density at radius 1 is 1.03 bits per heavy atom. The Labute approximate surface area is 207 Å². The fourth-order valence-electron chi connectivity index (χ4n) is 4.61. The third kappa shape index (κ3) is 12.1. The van der Waals surface area contributed by atoms with Crippen molar-refractivity contribution in [3.63, 3.8) is 0 Å². The number of hydrogen-bond donors (Lipinski definition) is 5. The second-order valence-electron chi connectivity index (χ2n) is 9.21. The van der Waals surface area contributed by atoms with Gasteiger partial charge in [0.05, 0.1) is 36.9 Å². The van der Waals surface area contributed by atoms with Gasteiger partial charge in [-0.2, -0.15) is 0 Å². The van der Waals surface area contributed by atoms with E-state index in [2.05, 4.69) is 17.0 Å². The molecule has 0 aliphatic heterocycles. The van der Waals surface area contributed by atoms with Crippen LogP contribution >= 0.6 is 0 Å². The highest BCUT2D eigenvalue weighted by Crippen LogP contribution is 2.38. The Morgan fingerprint density at radius 2 is 1.77 bits per heavy atom. The third-order valence-electron chi connectivity index (χ3n) is 6.55. The number of aliphatic hydroxyl groups excluding tert-OH is 3. The predicted molar refractivity (Wildman–Crippen MR) is 128 cm³/mol. The maximum atomic E-state index is 11.7. The number of benzene rings is 1. The van der Waals surface area contributed by atoms with Crippen LogP contribution in [0.15, 0.2) is 42.5 Å². The molecule has 5 atom stereocenters. The quantitative estimate of drug-likeness (QED) is 0.0954. The van der Waals surface area contributed by atoms with Gasteiger partial charge in [0.2, 0.25) is 0 Å². The van der Waals surface area contributed by atoms with Crippen LogP contribution in [0, 0.1) is 11.8 Å². The topological polar surface area (TPSA) is 140 Å². The molecule has 0 amide bonds. The van der Waals surface area contributed by atoms with E-state index in [1.807, 2.05) is 30.4 Å². The van der Waals surface area contributed by atoms with Crippen molar-refractivity contribution in [2.75, 3.05) is 13.2 Å². The van der Waals surface area contributed by atoms with Crippen LogP contribution in [-0.2, 0) is 20.8 Å². The van der Waals surface area contributed by atoms with Crippen molar-refractivity contribution in [1.82, 2.24) is 5.39 Å². The summed E-state index contributed by atoms with van der Waals surface area (Å²) in [4.78, 5) is 16.0. The summed E-state index contributed by atoms with van der Waals surface area (Å²) in [7, 11) is 0. The summed E-state index contributed by atoms with van der Waals surface area (Å²) < 4.78 is 5.03. The van der Waals surface area contributed by atoms with Gasteiger partial charge in [0, 0.05) is 12.8 Å². The Kier molecular flexibility index (Phi) is 14.1. The van der Waals surface area contributed by atoms with Gasteiger partial charge < -0.3 is 20.1 Å². The van der Waals surface area contributed by atoms with Crippen molar-refractivity contribution >= 4 is 5.97 Å². The molecule has 1 aromatic carbocycles. The highest BCUT2D eigenvalue weighted by atomic mass is 17.1. The van der Waals surface area contributed by atoms with Crippen LogP contribution < -0.4 is 0 Å². The Morgan fingerprint density at radius 3 is 2.51 bits per heavy atom. The fourth-order valence-corrected chi connectivity index (χ4v) is 4.61. The summed E-state index contributed by atoms with van der Waals surface area (Å²) in [6, 6.07) is 10.1. The molecular formula is C26H41NO8. The number of nitrogens with zero attached hydrogens (tertiary/aromatic N) is 1. The minimum absolute atomic E-state index is 0.0262. The number of aryl methyl sites for hydroxylation is 1. The first-order valence-corrected chi connectivity index (χ1v) is 12.6. The summed E-state index contributed by atoms with van der Waals surface area (Å²) in [5.74, 6) is -0.393. The van der Waals surface area contributed by atoms with Crippen LogP contribution in [-0.4, -0.2) is 68.6 Å². The molecule has 1 aliphatic rings. The number of ether oxygens (including phenoxy) is 1. The minimum atomic E-state index is -0.553. The van der Waals surface area contributed by atoms with Crippen molar-refractivity contribution < 1.29 is 40.1 Å². The predicted octanol–water partition coefficient (Wildman–Crippen LogP) is 3.18. The van der Waals surface area contributed by atoms with Gasteiger partial charge in [-0.15, -0.1) is 0 Å². The smallest absolute Gasteiger partial charge is 0.305 e. The monoisotopic (exact) mass is 495 g/mol. The van der Waals surface area contributed by atoms with Crippen molar-refractivity contribution in [2.45, 2.75) is 82.5 Å². The number of carbonyl (C=O) groups excluding carboxylic acids is 1. The Bertz CT molecular complexity index is 729. The van der Waals surface area contributed by atoms with Crippen LogP contribution in [0.2, 0.25) is 0 Å². The lowest BCUT2D eigenvalue weighted by Gasteiger charge is -2.23. The van der Waals surface area contributed by atoms with Crippen LogP contribution in [0.25, 0.3) is 0 Å². The molecule has 1 aromatic rings. The zero-order chi connectivity index (χ0) is 25.5. The van der Waals surface area contributed by atoms with Gasteiger partial charge in [0.15, 0.2) is 0 Å². The van der Waals surface area contributed by atoms with E-state index in [-0.39, 0.29) is 42.8 Å². The van der Waals surface area contributed by atoms with Gasteiger partial charge in [-0.25, -0.2) is 0 Å². The fraction of sp³-hybridized carbons (Fsp3) is 0.654. The first kappa shape index (κ1) is 29.4. The largest absolute Gasteiger partial charge is 0.466 e. The second-order valence-corrected chi connectivity index (χ2v) is 9.21. The maximum Gasteiger partial charge on any atom is 0.305 e. The van der Waals surface area contributed by atoms with E-state index >= 15 is 0 Å².